The first-order chi connectivity index (χ1) is 5.13. The number of allylic oxidation sites excluding steroid dienone is 2. The fourth-order valence-corrected chi connectivity index (χ4v) is 2.15. The second kappa shape index (κ2) is 3.46. The van der Waals surface area contributed by atoms with E-state index in [4.69, 9.17) is 0 Å². The maximum atomic E-state index is 9.35. The molecular formula is C9H14OS. The monoisotopic (exact) mass is 170 g/mol. The lowest BCUT2D eigenvalue weighted by molar-refractivity contribution is 0.238. The molecule has 0 amide bonds. The average Bonchev–Trinajstić information content (AvgIpc) is 1.94. The van der Waals surface area contributed by atoms with Gasteiger partial charge in [-0.15, -0.1) is 11.8 Å². The Morgan fingerprint density at radius 2 is 2.27 bits per heavy atom. The van der Waals surface area contributed by atoms with Crippen molar-refractivity contribution in [3.05, 3.63) is 22.0 Å². The van der Waals surface area contributed by atoms with Crippen LogP contribution in [0.2, 0.25) is 0 Å². The van der Waals surface area contributed by atoms with Crippen LogP contribution in [-0.2, 0) is 0 Å². The van der Waals surface area contributed by atoms with Crippen LogP contribution in [0.4, 0.5) is 0 Å². The Kier molecular flexibility index (Phi) is 2.79. The molecule has 0 bridgehead atoms. The number of aliphatic hydroxyl groups excluding tert-OH is 1. The molecule has 0 aromatic heterocycles. The van der Waals surface area contributed by atoms with Crippen molar-refractivity contribution in [3.63, 3.8) is 0 Å². The molecule has 1 nitrogen and oxygen atoms in total. The maximum absolute atomic E-state index is 9.35. The highest BCUT2D eigenvalue weighted by Crippen LogP contribution is 2.33. The molecule has 0 spiro atoms. The minimum Gasteiger partial charge on any atom is -0.388 e. The predicted octanol–water partition coefficient (Wildman–Crippen LogP) is 2.54. The van der Waals surface area contributed by atoms with Gasteiger partial charge in [0.15, 0.2) is 0 Å². The summed E-state index contributed by atoms with van der Waals surface area (Å²) in [4.78, 5) is 1.11. The minimum absolute atomic E-state index is 0.313. The van der Waals surface area contributed by atoms with Crippen molar-refractivity contribution in [2.45, 2.75) is 26.9 Å². The van der Waals surface area contributed by atoms with Crippen LogP contribution in [0, 0.1) is 5.92 Å². The Morgan fingerprint density at radius 1 is 1.64 bits per heavy atom. The van der Waals surface area contributed by atoms with Gasteiger partial charge in [-0.2, -0.15) is 0 Å². The van der Waals surface area contributed by atoms with E-state index >= 15 is 0 Å². The van der Waals surface area contributed by atoms with E-state index in [2.05, 4.69) is 25.3 Å². The SMILES string of the molecule is CC1=C(C(C)O)SC=CC1C. The number of hydrogen-bond donors (Lipinski definition) is 1. The zero-order chi connectivity index (χ0) is 8.43. The van der Waals surface area contributed by atoms with Gasteiger partial charge in [-0.3, -0.25) is 0 Å². The fraction of sp³-hybridized carbons (Fsp3) is 0.556. The quantitative estimate of drug-likeness (QED) is 0.652. The highest BCUT2D eigenvalue weighted by Gasteiger charge is 2.15. The summed E-state index contributed by atoms with van der Waals surface area (Å²) in [5, 5.41) is 11.4. The number of rotatable bonds is 1. The zero-order valence-electron chi connectivity index (χ0n) is 7.16. The van der Waals surface area contributed by atoms with E-state index in [1.807, 2.05) is 6.92 Å². The van der Waals surface area contributed by atoms with Crippen LogP contribution in [-0.4, -0.2) is 11.2 Å². The fourth-order valence-electron chi connectivity index (χ4n) is 1.12. The van der Waals surface area contributed by atoms with Crippen LogP contribution < -0.4 is 0 Å². The summed E-state index contributed by atoms with van der Waals surface area (Å²) in [6.07, 6.45) is 1.85. The van der Waals surface area contributed by atoms with Crippen molar-refractivity contribution < 1.29 is 5.11 Å². The van der Waals surface area contributed by atoms with Gasteiger partial charge >= 0.3 is 0 Å². The van der Waals surface area contributed by atoms with Crippen LogP contribution in [0.1, 0.15) is 20.8 Å². The summed E-state index contributed by atoms with van der Waals surface area (Å²) < 4.78 is 0. The average molecular weight is 170 g/mol. The van der Waals surface area contributed by atoms with Gasteiger partial charge in [0.25, 0.3) is 0 Å². The first-order valence-corrected chi connectivity index (χ1v) is 4.73. The molecule has 0 aliphatic carbocycles. The number of thioether (sulfide) groups is 1. The van der Waals surface area contributed by atoms with Gasteiger partial charge in [0, 0.05) is 4.91 Å². The maximum Gasteiger partial charge on any atom is 0.0823 e. The lowest BCUT2D eigenvalue weighted by Crippen LogP contribution is -2.09. The number of hydrogen-bond acceptors (Lipinski definition) is 2. The lowest BCUT2D eigenvalue weighted by atomic mass is 10.0. The van der Waals surface area contributed by atoms with E-state index in [0.29, 0.717) is 5.92 Å². The molecule has 2 heteroatoms. The Morgan fingerprint density at radius 3 is 2.73 bits per heavy atom. The summed E-state index contributed by atoms with van der Waals surface area (Å²) in [5.74, 6) is 0.487. The van der Waals surface area contributed by atoms with E-state index < -0.39 is 0 Å². The van der Waals surface area contributed by atoms with E-state index in [9.17, 15) is 5.11 Å². The topological polar surface area (TPSA) is 20.2 Å². The van der Waals surface area contributed by atoms with Crippen molar-refractivity contribution in [1.82, 2.24) is 0 Å². The molecule has 1 N–H and O–H groups in total. The molecule has 1 aliphatic rings. The van der Waals surface area contributed by atoms with Crippen LogP contribution >= 0.6 is 11.8 Å². The van der Waals surface area contributed by atoms with Gasteiger partial charge < -0.3 is 5.11 Å². The molecule has 0 saturated heterocycles. The van der Waals surface area contributed by atoms with Crippen LogP contribution in [0.5, 0.6) is 0 Å². The largest absolute Gasteiger partial charge is 0.388 e. The van der Waals surface area contributed by atoms with Gasteiger partial charge in [-0.1, -0.05) is 18.6 Å². The van der Waals surface area contributed by atoms with Gasteiger partial charge in [0.1, 0.15) is 0 Å². The van der Waals surface area contributed by atoms with Gasteiger partial charge in [-0.25, -0.2) is 0 Å². The summed E-state index contributed by atoms with van der Waals surface area (Å²) in [7, 11) is 0. The molecular weight excluding hydrogens is 156 g/mol. The van der Waals surface area contributed by atoms with Crippen molar-refractivity contribution in [3.8, 4) is 0 Å². The van der Waals surface area contributed by atoms with Gasteiger partial charge in [-0.05, 0) is 25.2 Å². The minimum atomic E-state index is -0.313. The van der Waals surface area contributed by atoms with E-state index in [0.717, 1.165) is 4.91 Å². The molecule has 0 aromatic rings. The molecule has 62 valence electrons. The molecule has 1 heterocycles. The van der Waals surface area contributed by atoms with E-state index in [-0.39, 0.29) is 6.10 Å². The normalized spacial score (nSPS) is 27.5. The molecule has 1 rings (SSSR count). The van der Waals surface area contributed by atoms with E-state index in [1.165, 1.54) is 5.57 Å². The second-order valence-electron chi connectivity index (χ2n) is 2.96. The molecule has 0 radical (unpaired) electrons. The molecule has 2 atom stereocenters. The highest BCUT2D eigenvalue weighted by atomic mass is 32.2. The van der Waals surface area contributed by atoms with Crippen molar-refractivity contribution >= 4 is 11.8 Å². The molecule has 0 aromatic carbocycles. The van der Waals surface area contributed by atoms with Gasteiger partial charge in [0.05, 0.1) is 6.10 Å². The predicted molar refractivity (Wildman–Crippen MR) is 50.3 cm³/mol. The first-order valence-electron chi connectivity index (χ1n) is 3.85. The molecule has 11 heavy (non-hydrogen) atoms. The Balaban J connectivity index is 2.84. The zero-order valence-corrected chi connectivity index (χ0v) is 7.98. The lowest BCUT2D eigenvalue weighted by Gasteiger charge is -2.19. The number of aliphatic hydroxyl groups is 1. The van der Waals surface area contributed by atoms with Crippen LogP contribution in [0.15, 0.2) is 22.0 Å². The Labute approximate surface area is 72.2 Å². The Hall–Kier alpha value is -0.210. The highest BCUT2D eigenvalue weighted by molar-refractivity contribution is 8.05. The standard InChI is InChI=1S/C9H14OS/c1-6-4-5-11-9(7(6)2)8(3)10/h4-6,8,10H,1-3H3. The molecule has 0 fully saturated rings. The van der Waals surface area contributed by atoms with Gasteiger partial charge in [0.2, 0.25) is 0 Å². The summed E-state index contributed by atoms with van der Waals surface area (Å²) in [6.45, 7) is 6.05. The van der Waals surface area contributed by atoms with Crippen LogP contribution in [0.25, 0.3) is 0 Å². The third kappa shape index (κ3) is 1.88. The summed E-state index contributed by atoms with van der Waals surface area (Å²) in [6, 6.07) is 0. The van der Waals surface area contributed by atoms with Crippen molar-refractivity contribution in [2.24, 2.45) is 5.92 Å². The van der Waals surface area contributed by atoms with Crippen molar-refractivity contribution in [1.29, 1.82) is 0 Å². The summed E-state index contributed by atoms with van der Waals surface area (Å²) >= 11 is 1.63. The second-order valence-corrected chi connectivity index (χ2v) is 3.91. The smallest absolute Gasteiger partial charge is 0.0823 e. The third-order valence-electron chi connectivity index (χ3n) is 2.01. The third-order valence-corrected chi connectivity index (χ3v) is 3.22. The first kappa shape index (κ1) is 8.88. The molecule has 0 saturated carbocycles. The van der Waals surface area contributed by atoms with E-state index in [1.54, 1.807) is 11.8 Å². The molecule has 1 aliphatic heterocycles. The summed E-state index contributed by atoms with van der Waals surface area (Å²) in [5.41, 5.74) is 1.30. The Bertz CT molecular complexity index is 204. The van der Waals surface area contributed by atoms with Crippen LogP contribution in [0.3, 0.4) is 0 Å². The van der Waals surface area contributed by atoms with Crippen molar-refractivity contribution in [2.75, 3.05) is 0 Å². The molecule has 2 unspecified atom stereocenters.